The second-order valence-corrected chi connectivity index (χ2v) is 9.21. The zero-order valence-corrected chi connectivity index (χ0v) is 19.8. The highest BCUT2D eigenvalue weighted by Gasteiger charge is 2.50. The molecule has 1 heterocycles. The molecule has 1 fully saturated rings. The first-order chi connectivity index (χ1) is 15.7. The number of carbonyl (C=O) groups is 3. The Balaban J connectivity index is 1.79. The molecule has 3 atom stereocenters. The van der Waals surface area contributed by atoms with Gasteiger partial charge in [0.15, 0.2) is 5.78 Å². The summed E-state index contributed by atoms with van der Waals surface area (Å²) in [7, 11) is 1.60. The van der Waals surface area contributed by atoms with E-state index in [0.717, 1.165) is 16.9 Å². The Morgan fingerprint density at radius 3 is 2.15 bits per heavy atom. The molecule has 33 heavy (non-hydrogen) atoms. The zero-order chi connectivity index (χ0) is 24.0. The summed E-state index contributed by atoms with van der Waals surface area (Å²) >= 11 is 0. The first-order valence-corrected chi connectivity index (χ1v) is 11.4. The standard InChI is InChI=1S/C27H33NO5/c1-18(2)24(29)16-21(14-20-10-12-22(32-4)13-11-20)26(31)28-23(25(30)27(3)17-33-27)15-19-8-6-5-7-9-19/h5-13,18,21,23H,14-17H2,1-4H3,(H,28,31)/t21?,23-,27+/m0/s1. The third kappa shape index (κ3) is 6.75. The average Bonchev–Trinajstić information content (AvgIpc) is 3.57. The molecule has 0 radical (unpaired) electrons. The van der Waals surface area contributed by atoms with Crippen molar-refractivity contribution in [2.24, 2.45) is 11.8 Å². The molecule has 6 heteroatoms. The third-order valence-electron chi connectivity index (χ3n) is 6.12. The molecule has 2 aromatic carbocycles. The predicted octanol–water partition coefficient (Wildman–Crippen LogP) is 3.55. The van der Waals surface area contributed by atoms with Crippen LogP contribution < -0.4 is 10.1 Å². The average molecular weight is 452 g/mol. The first kappa shape index (κ1) is 24.6. The van der Waals surface area contributed by atoms with E-state index < -0.39 is 17.6 Å². The van der Waals surface area contributed by atoms with E-state index in [0.29, 0.717) is 19.4 Å². The highest BCUT2D eigenvalue weighted by atomic mass is 16.6. The number of hydrogen-bond donors (Lipinski definition) is 1. The minimum atomic E-state index is -0.855. The van der Waals surface area contributed by atoms with Gasteiger partial charge < -0.3 is 14.8 Å². The number of Topliss-reactive ketones (excluding diaryl/α,β-unsaturated/α-hetero) is 2. The number of methoxy groups -OCH3 is 1. The number of ketones is 2. The predicted molar refractivity (Wildman–Crippen MR) is 126 cm³/mol. The second kappa shape index (κ2) is 10.8. The molecule has 1 saturated heterocycles. The summed E-state index contributed by atoms with van der Waals surface area (Å²) in [5.41, 5.74) is 1.02. The van der Waals surface area contributed by atoms with Crippen molar-refractivity contribution in [3.63, 3.8) is 0 Å². The lowest BCUT2D eigenvalue weighted by Gasteiger charge is -2.24. The summed E-state index contributed by atoms with van der Waals surface area (Å²) in [6.07, 6.45) is 0.890. The van der Waals surface area contributed by atoms with Crippen LogP contribution in [0.5, 0.6) is 5.75 Å². The zero-order valence-electron chi connectivity index (χ0n) is 19.8. The molecule has 0 bridgehead atoms. The Labute approximate surface area is 195 Å². The number of hydrogen-bond acceptors (Lipinski definition) is 5. The molecular weight excluding hydrogens is 418 g/mol. The van der Waals surface area contributed by atoms with Gasteiger partial charge in [0.2, 0.25) is 5.91 Å². The molecule has 2 aromatic rings. The van der Waals surface area contributed by atoms with Crippen molar-refractivity contribution in [3.05, 3.63) is 65.7 Å². The van der Waals surface area contributed by atoms with Gasteiger partial charge >= 0.3 is 0 Å². The van der Waals surface area contributed by atoms with Crippen LogP contribution in [0, 0.1) is 11.8 Å². The van der Waals surface area contributed by atoms with E-state index >= 15 is 0 Å². The van der Waals surface area contributed by atoms with Crippen molar-refractivity contribution in [1.29, 1.82) is 0 Å². The minimum absolute atomic E-state index is 0.0204. The van der Waals surface area contributed by atoms with Crippen LogP contribution in [0.15, 0.2) is 54.6 Å². The molecular formula is C27H33NO5. The van der Waals surface area contributed by atoms with Crippen molar-refractivity contribution < 1.29 is 23.9 Å². The fourth-order valence-corrected chi connectivity index (χ4v) is 3.75. The van der Waals surface area contributed by atoms with Crippen LogP contribution in [0.25, 0.3) is 0 Å². The molecule has 1 unspecified atom stereocenters. The van der Waals surface area contributed by atoms with Crippen LogP contribution >= 0.6 is 0 Å². The fourth-order valence-electron chi connectivity index (χ4n) is 3.75. The Morgan fingerprint density at radius 2 is 1.61 bits per heavy atom. The van der Waals surface area contributed by atoms with E-state index in [1.807, 2.05) is 68.4 Å². The van der Waals surface area contributed by atoms with Crippen molar-refractivity contribution in [2.45, 2.75) is 51.7 Å². The highest BCUT2D eigenvalue weighted by molar-refractivity contribution is 5.97. The summed E-state index contributed by atoms with van der Waals surface area (Å²) in [4.78, 5) is 39.1. The molecule has 3 rings (SSSR count). The van der Waals surface area contributed by atoms with Crippen molar-refractivity contribution >= 4 is 17.5 Å². The quantitative estimate of drug-likeness (QED) is 0.499. The Morgan fingerprint density at radius 1 is 1.00 bits per heavy atom. The maximum Gasteiger partial charge on any atom is 0.224 e. The number of benzene rings is 2. The summed E-state index contributed by atoms with van der Waals surface area (Å²) in [5, 5.41) is 2.95. The lowest BCUT2D eigenvalue weighted by molar-refractivity contribution is -0.134. The van der Waals surface area contributed by atoms with Gasteiger partial charge in [-0.05, 0) is 43.0 Å². The highest BCUT2D eigenvalue weighted by Crippen LogP contribution is 2.29. The largest absolute Gasteiger partial charge is 0.497 e. The smallest absolute Gasteiger partial charge is 0.224 e. The van der Waals surface area contributed by atoms with Crippen molar-refractivity contribution in [2.75, 3.05) is 13.7 Å². The van der Waals surface area contributed by atoms with Crippen LogP contribution in [0.3, 0.4) is 0 Å². The first-order valence-electron chi connectivity index (χ1n) is 11.4. The normalized spacial score (nSPS) is 18.9. The van der Waals surface area contributed by atoms with Gasteiger partial charge in [-0.25, -0.2) is 0 Å². The van der Waals surface area contributed by atoms with Gasteiger partial charge in [0, 0.05) is 18.3 Å². The van der Waals surface area contributed by atoms with Gasteiger partial charge in [-0.2, -0.15) is 0 Å². The van der Waals surface area contributed by atoms with E-state index in [4.69, 9.17) is 9.47 Å². The Kier molecular flexibility index (Phi) is 8.03. The van der Waals surface area contributed by atoms with Crippen LogP contribution in [0.2, 0.25) is 0 Å². The van der Waals surface area contributed by atoms with E-state index in [2.05, 4.69) is 5.32 Å². The molecule has 0 aromatic heterocycles. The third-order valence-corrected chi connectivity index (χ3v) is 6.12. The molecule has 0 aliphatic carbocycles. The fraction of sp³-hybridized carbons (Fsp3) is 0.444. The number of ether oxygens (including phenoxy) is 2. The SMILES string of the molecule is COc1ccc(CC(CC(=O)C(C)C)C(=O)N[C@@H](Cc2ccccc2)C(=O)[C@@]2(C)CO2)cc1. The Bertz CT molecular complexity index is 964. The lowest BCUT2D eigenvalue weighted by Crippen LogP contribution is -2.49. The minimum Gasteiger partial charge on any atom is -0.497 e. The summed E-state index contributed by atoms with van der Waals surface area (Å²) in [6.45, 7) is 5.76. The maximum absolute atomic E-state index is 13.4. The van der Waals surface area contributed by atoms with Gasteiger partial charge in [0.1, 0.15) is 17.1 Å². The van der Waals surface area contributed by atoms with Gasteiger partial charge in [-0.3, -0.25) is 14.4 Å². The van der Waals surface area contributed by atoms with Gasteiger partial charge in [0.25, 0.3) is 0 Å². The number of epoxide rings is 1. The molecule has 176 valence electrons. The van der Waals surface area contributed by atoms with Gasteiger partial charge in [-0.15, -0.1) is 0 Å². The van der Waals surface area contributed by atoms with Crippen LogP contribution in [-0.2, 0) is 32.0 Å². The second-order valence-electron chi connectivity index (χ2n) is 9.21. The molecule has 6 nitrogen and oxygen atoms in total. The van der Waals surface area contributed by atoms with Gasteiger partial charge in [-0.1, -0.05) is 56.3 Å². The summed E-state index contributed by atoms with van der Waals surface area (Å²) < 4.78 is 10.6. The maximum atomic E-state index is 13.4. The molecule has 0 saturated carbocycles. The molecule has 0 spiro atoms. The molecule has 1 aliphatic rings. The van der Waals surface area contributed by atoms with Gasteiger partial charge in [0.05, 0.1) is 19.8 Å². The summed E-state index contributed by atoms with van der Waals surface area (Å²) in [5.74, 6) is -0.434. The molecule has 1 N–H and O–H groups in total. The van der Waals surface area contributed by atoms with Crippen molar-refractivity contribution in [1.82, 2.24) is 5.32 Å². The van der Waals surface area contributed by atoms with Crippen molar-refractivity contribution in [3.8, 4) is 5.75 Å². The Hall–Kier alpha value is -2.99. The van der Waals surface area contributed by atoms with Crippen LogP contribution in [0.4, 0.5) is 0 Å². The van der Waals surface area contributed by atoms with E-state index in [-0.39, 0.29) is 29.8 Å². The number of rotatable bonds is 12. The topological polar surface area (TPSA) is 85.0 Å². The monoisotopic (exact) mass is 451 g/mol. The lowest BCUT2D eigenvalue weighted by atomic mass is 9.89. The summed E-state index contributed by atoms with van der Waals surface area (Å²) in [6, 6.07) is 16.3. The van der Waals surface area contributed by atoms with Crippen LogP contribution in [0.1, 0.15) is 38.3 Å². The molecule has 1 amide bonds. The number of amides is 1. The van der Waals surface area contributed by atoms with E-state index in [1.165, 1.54) is 0 Å². The number of nitrogens with one attached hydrogen (secondary N) is 1. The van der Waals surface area contributed by atoms with E-state index in [1.54, 1.807) is 14.0 Å². The van der Waals surface area contributed by atoms with Crippen LogP contribution in [-0.4, -0.2) is 42.8 Å². The molecule has 1 aliphatic heterocycles. The van der Waals surface area contributed by atoms with E-state index in [9.17, 15) is 14.4 Å². The number of carbonyl (C=O) groups excluding carboxylic acids is 3.